The topological polar surface area (TPSA) is 108 Å². The first-order valence-electron chi connectivity index (χ1n) is 11.2. The molecule has 0 bridgehead atoms. The zero-order valence-corrected chi connectivity index (χ0v) is 19.7. The Balaban J connectivity index is 1.58. The van der Waals surface area contributed by atoms with E-state index < -0.39 is 39.3 Å². The molecule has 0 spiro atoms. The molecule has 0 radical (unpaired) electrons. The van der Waals surface area contributed by atoms with E-state index in [1.54, 1.807) is 11.1 Å². The summed E-state index contributed by atoms with van der Waals surface area (Å²) >= 11 is 0. The predicted octanol–water partition coefficient (Wildman–Crippen LogP) is 3.46. The molecule has 8 nitrogen and oxygen atoms in total. The monoisotopic (exact) mass is 512 g/mol. The number of amides is 3. The Morgan fingerprint density at radius 3 is 2.31 bits per heavy atom. The molecule has 35 heavy (non-hydrogen) atoms. The minimum Gasteiger partial charge on any atom is -0.352 e. The third-order valence-electron chi connectivity index (χ3n) is 5.48. The van der Waals surface area contributed by atoms with Gasteiger partial charge >= 0.3 is 12.2 Å². The molecule has 12 heteroatoms. The summed E-state index contributed by atoms with van der Waals surface area (Å²) in [6.07, 6.45) is -0.562. The molecule has 0 saturated carbocycles. The molecule has 0 atom stereocenters. The van der Waals surface area contributed by atoms with E-state index >= 15 is 0 Å². The number of halogens is 3. The summed E-state index contributed by atoms with van der Waals surface area (Å²) in [5.41, 5.74) is 1.55. The van der Waals surface area contributed by atoms with E-state index in [0.717, 1.165) is 37.8 Å². The van der Waals surface area contributed by atoms with E-state index in [9.17, 15) is 31.2 Å². The summed E-state index contributed by atoms with van der Waals surface area (Å²) in [5.74, 6) is -0.881. The largest absolute Gasteiger partial charge is 0.417 e. The minimum atomic E-state index is -4.66. The van der Waals surface area contributed by atoms with Crippen molar-refractivity contribution in [2.24, 2.45) is 0 Å². The van der Waals surface area contributed by atoms with Crippen molar-refractivity contribution in [2.45, 2.75) is 43.2 Å². The molecule has 2 aromatic carbocycles. The van der Waals surface area contributed by atoms with Crippen LogP contribution in [-0.2, 0) is 22.6 Å². The molecule has 3 amide bonds. The lowest BCUT2D eigenvalue weighted by molar-refractivity contribution is -0.137. The maximum atomic E-state index is 13.1. The predicted molar refractivity (Wildman–Crippen MR) is 123 cm³/mol. The number of hydrogen-bond donors (Lipinski definition) is 3. The molecule has 3 rings (SSSR count). The Hall–Kier alpha value is -3.12. The van der Waals surface area contributed by atoms with Crippen molar-refractivity contribution in [3.8, 4) is 0 Å². The van der Waals surface area contributed by atoms with Gasteiger partial charge < -0.3 is 5.32 Å². The van der Waals surface area contributed by atoms with Gasteiger partial charge in [0.05, 0.1) is 16.0 Å². The molecule has 3 N–H and O–H groups in total. The normalized spacial score (nSPS) is 15.2. The van der Waals surface area contributed by atoms with Gasteiger partial charge in [-0.2, -0.15) is 13.2 Å². The maximum Gasteiger partial charge on any atom is 0.417 e. The average Bonchev–Trinajstić information content (AvgIpc) is 3.07. The smallest absolute Gasteiger partial charge is 0.352 e. The molecular formula is C23H27F3N4O4S. The van der Waals surface area contributed by atoms with Gasteiger partial charge in [-0.15, -0.1) is 0 Å². The van der Waals surface area contributed by atoms with Crippen LogP contribution in [0.4, 0.5) is 18.0 Å². The number of nitrogens with one attached hydrogen (secondary N) is 3. The van der Waals surface area contributed by atoms with E-state index in [2.05, 4.69) is 10.7 Å². The van der Waals surface area contributed by atoms with Crippen LogP contribution in [0.25, 0.3) is 0 Å². The van der Waals surface area contributed by atoms with Crippen molar-refractivity contribution in [1.29, 1.82) is 0 Å². The van der Waals surface area contributed by atoms with Gasteiger partial charge in [0.2, 0.25) is 0 Å². The van der Waals surface area contributed by atoms with Crippen molar-refractivity contribution in [3.05, 3.63) is 65.2 Å². The van der Waals surface area contributed by atoms with Gasteiger partial charge in [-0.1, -0.05) is 37.1 Å². The van der Waals surface area contributed by atoms with Crippen molar-refractivity contribution >= 4 is 22.0 Å². The number of urea groups is 1. The van der Waals surface area contributed by atoms with Crippen LogP contribution in [-0.4, -0.2) is 45.0 Å². The zero-order chi connectivity index (χ0) is 25.5. The highest BCUT2D eigenvalue weighted by Crippen LogP contribution is 2.31. The molecule has 1 aliphatic heterocycles. The molecule has 1 saturated heterocycles. The Morgan fingerprint density at radius 1 is 0.943 bits per heavy atom. The first-order chi connectivity index (χ1) is 16.6. The Morgan fingerprint density at radius 2 is 1.63 bits per heavy atom. The summed E-state index contributed by atoms with van der Waals surface area (Å²) in [5, 5.41) is 4.12. The summed E-state index contributed by atoms with van der Waals surface area (Å²) < 4.78 is 66.6. The van der Waals surface area contributed by atoms with E-state index in [1.807, 2.05) is 4.72 Å². The third-order valence-corrected chi connectivity index (χ3v) is 6.81. The Kier molecular flexibility index (Phi) is 8.73. The summed E-state index contributed by atoms with van der Waals surface area (Å²) in [6.45, 7) is 1.27. The van der Waals surface area contributed by atoms with Crippen molar-refractivity contribution in [3.63, 3.8) is 0 Å². The van der Waals surface area contributed by atoms with Crippen LogP contribution >= 0.6 is 0 Å². The van der Waals surface area contributed by atoms with Crippen LogP contribution in [0.15, 0.2) is 53.4 Å². The first kappa shape index (κ1) is 26.5. The molecule has 1 aliphatic rings. The van der Waals surface area contributed by atoms with E-state index in [0.29, 0.717) is 18.7 Å². The van der Waals surface area contributed by atoms with Crippen molar-refractivity contribution < 1.29 is 31.2 Å². The fraction of sp³-hybridized carbons (Fsp3) is 0.391. The molecule has 0 aromatic heterocycles. The van der Waals surface area contributed by atoms with E-state index in [4.69, 9.17) is 0 Å². The molecule has 1 fully saturated rings. The second kappa shape index (κ2) is 11.5. The second-order valence-electron chi connectivity index (χ2n) is 8.14. The third kappa shape index (κ3) is 7.69. The Bertz CT molecular complexity index is 1150. The molecule has 0 unspecified atom stereocenters. The zero-order valence-electron chi connectivity index (χ0n) is 18.9. The molecule has 2 aromatic rings. The van der Waals surface area contributed by atoms with Gasteiger partial charge in [-0.25, -0.2) is 22.9 Å². The number of rotatable bonds is 7. The second-order valence-corrected chi connectivity index (χ2v) is 9.83. The highest BCUT2D eigenvalue weighted by Gasteiger charge is 2.34. The molecular weight excluding hydrogens is 485 g/mol. The van der Waals surface area contributed by atoms with Gasteiger partial charge in [-0.05, 0) is 49.1 Å². The SMILES string of the molecule is O=C(NN1CCCCCC1)NS(=O)(=O)c1cccc(CCNC(=O)c2ccccc2C(F)(F)F)c1. The molecule has 190 valence electrons. The highest BCUT2D eigenvalue weighted by molar-refractivity contribution is 7.90. The number of hydrogen-bond acceptors (Lipinski definition) is 5. The van der Waals surface area contributed by atoms with Crippen LogP contribution in [0.2, 0.25) is 0 Å². The maximum absolute atomic E-state index is 13.1. The quantitative estimate of drug-likeness (QED) is 0.527. The summed E-state index contributed by atoms with van der Waals surface area (Å²) in [7, 11) is -4.15. The lowest BCUT2D eigenvalue weighted by Gasteiger charge is -2.21. The van der Waals surface area contributed by atoms with Crippen LogP contribution < -0.4 is 15.5 Å². The highest BCUT2D eigenvalue weighted by atomic mass is 32.2. The van der Waals surface area contributed by atoms with Gasteiger partial charge in [0.15, 0.2) is 0 Å². The summed E-state index contributed by atoms with van der Waals surface area (Å²) in [4.78, 5) is 24.3. The number of nitrogens with zero attached hydrogens (tertiary/aromatic N) is 1. The lowest BCUT2D eigenvalue weighted by atomic mass is 10.1. The van der Waals surface area contributed by atoms with Gasteiger partial charge in [0.25, 0.3) is 15.9 Å². The van der Waals surface area contributed by atoms with Crippen LogP contribution in [0.5, 0.6) is 0 Å². The van der Waals surface area contributed by atoms with E-state index in [-0.39, 0.29) is 17.9 Å². The van der Waals surface area contributed by atoms with Crippen LogP contribution in [0, 0.1) is 0 Å². The number of carbonyl (C=O) groups excluding carboxylic acids is 2. The van der Waals surface area contributed by atoms with Crippen molar-refractivity contribution in [1.82, 2.24) is 20.5 Å². The van der Waals surface area contributed by atoms with Crippen LogP contribution in [0.1, 0.15) is 47.2 Å². The minimum absolute atomic E-state index is 0.0165. The van der Waals surface area contributed by atoms with E-state index in [1.165, 1.54) is 30.3 Å². The van der Waals surface area contributed by atoms with Gasteiger partial charge in [0, 0.05) is 19.6 Å². The number of sulfonamides is 1. The fourth-order valence-corrected chi connectivity index (χ4v) is 4.71. The van der Waals surface area contributed by atoms with Crippen LogP contribution in [0.3, 0.4) is 0 Å². The number of hydrazine groups is 1. The van der Waals surface area contributed by atoms with Gasteiger partial charge in [0.1, 0.15) is 0 Å². The number of carbonyl (C=O) groups is 2. The van der Waals surface area contributed by atoms with Crippen molar-refractivity contribution in [2.75, 3.05) is 19.6 Å². The number of benzene rings is 2. The first-order valence-corrected chi connectivity index (χ1v) is 12.7. The average molecular weight is 513 g/mol. The fourth-order valence-electron chi connectivity index (χ4n) is 3.74. The molecule has 1 heterocycles. The standard InChI is InChI=1S/C23H27F3N4O4S/c24-23(25,26)20-11-4-3-10-19(20)21(31)27-13-12-17-8-7-9-18(16-17)35(33,34)29-22(32)28-30-14-5-1-2-6-15-30/h3-4,7-11,16H,1-2,5-6,12-15H2,(H,27,31)(H2,28,29,32). The Labute approximate surface area is 201 Å². The van der Waals surface area contributed by atoms with Gasteiger partial charge in [-0.3, -0.25) is 10.2 Å². The summed E-state index contributed by atoms with van der Waals surface area (Å²) in [6, 6.07) is 9.38. The number of alkyl halides is 3. The lowest BCUT2D eigenvalue weighted by Crippen LogP contribution is -2.49. The molecule has 0 aliphatic carbocycles.